The first-order chi connectivity index (χ1) is 50.7. The molecule has 0 aliphatic carbocycles. The van der Waals surface area contributed by atoms with Gasteiger partial charge < -0.3 is 33.8 Å². The van der Waals surface area contributed by atoms with Crippen molar-refractivity contribution in [3.05, 3.63) is 85.1 Å². The molecule has 17 nitrogen and oxygen atoms in total. The summed E-state index contributed by atoms with van der Waals surface area (Å²) in [6, 6.07) is 0. The molecule has 0 saturated carbocycles. The van der Waals surface area contributed by atoms with E-state index in [1.54, 1.807) is 0 Å². The van der Waals surface area contributed by atoms with E-state index in [-0.39, 0.29) is 25.7 Å². The first kappa shape index (κ1) is 100. The predicted molar refractivity (Wildman–Crippen MR) is 427 cm³/mol. The van der Waals surface area contributed by atoms with Gasteiger partial charge in [0.2, 0.25) is 0 Å². The standard InChI is InChI=1S/C85H152O17P2/c1-5-9-13-17-21-25-29-33-36-38-39-41-43-47-50-54-58-62-66-70-83(88)96-76-81(102-85(90)72-68-64-60-56-52-48-44-40-37-34-30-26-22-18-14-10-6-2)78-100-104(93,94)98-74-79(86)73-97-103(91,92)99-77-80(101-84(89)71-67-63-59-55-51-45-32-28-24-20-16-12-8-4)75-95-82(87)69-65-61-57-53-49-46-42-35-31-27-23-19-15-11-7-3/h10,14,21-22,25-26,28,32-34,36-37,39,41,79-81,86H,5-9,11-13,15-20,23-24,27,29-31,35,38,40,42-78H2,1-4H3,(H,91,92)(H,93,94)/b14-10-,25-21-,26-22-,32-28-,36-33-,37-34-,41-39-. The van der Waals surface area contributed by atoms with E-state index >= 15 is 0 Å². The molecule has 0 radical (unpaired) electrons. The number of esters is 4. The molecule has 0 fully saturated rings. The maximum absolute atomic E-state index is 13.1. The lowest BCUT2D eigenvalue weighted by molar-refractivity contribution is -0.161. The van der Waals surface area contributed by atoms with Gasteiger partial charge in [0.15, 0.2) is 12.2 Å². The molecule has 0 rings (SSSR count). The number of aliphatic hydroxyl groups excluding tert-OH is 1. The summed E-state index contributed by atoms with van der Waals surface area (Å²) in [4.78, 5) is 73.1. The Morgan fingerprint density at radius 2 is 0.500 bits per heavy atom. The Hall–Kier alpha value is -3.76. The van der Waals surface area contributed by atoms with Gasteiger partial charge in [0, 0.05) is 25.7 Å². The topological polar surface area (TPSA) is 237 Å². The van der Waals surface area contributed by atoms with Crippen molar-refractivity contribution < 1.29 is 80.2 Å². The molecule has 104 heavy (non-hydrogen) atoms. The Morgan fingerprint density at radius 3 is 0.808 bits per heavy atom. The second-order valence-electron chi connectivity index (χ2n) is 28.0. The summed E-state index contributed by atoms with van der Waals surface area (Å²) in [5.41, 5.74) is 0. The third kappa shape index (κ3) is 76.4. The first-order valence-corrected chi connectivity index (χ1v) is 44.8. The van der Waals surface area contributed by atoms with Gasteiger partial charge in [-0.05, 0) is 122 Å². The van der Waals surface area contributed by atoms with E-state index in [1.165, 1.54) is 116 Å². The van der Waals surface area contributed by atoms with Gasteiger partial charge in [-0.25, -0.2) is 9.13 Å². The van der Waals surface area contributed by atoms with Gasteiger partial charge >= 0.3 is 39.5 Å². The predicted octanol–water partition coefficient (Wildman–Crippen LogP) is 24.6. The maximum atomic E-state index is 13.1. The second kappa shape index (κ2) is 77.4. The molecule has 0 aromatic rings. The minimum absolute atomic E-state index is 0.0818. The number of hydrogen-bond donors (Lipinski definition) is 3. The van der Waals surface area contributed by atoms with E-state index in [2.05, 4.69) is 113 Å². The van der Waals surface area contributed by atoms with E-state index in [1.807, 2.05) is 0 Å². The van der Waals surface area contributed by atoms with Crippen molar-refractivity contribution >= 4 is 39.5 Å². The van der Waals surface area contributed by atoms with Crippen molar-refractivity contribution in [2.24, 2.45) is 0 Å². The highest BCUT2D eigenvalue weighted by Crippen LogP contribution is 2.45. The molecule has 5 unspecified atom stereocenters. The number of carbonyl (C=O) groups is 4. The molecule has 0 spiro atoms. The van der Waals surface area contributed by atoms with Crippen LogP contribution >= 0.6 is 15.6 Å². The summed E-state index contributed by atoms with van der Waals surface area (Å²) in [6.45, 7) is 4.76. The molecule has 0 saturated heterocycles. The molecular formula is C85H152O17P2. The minimum atomic E-state index is -4.98. The Balaban J connectivity index is 5.35. The molecule has 0 amide bonds. The van der Waals surface area contributed by atoms with Crippen LogP contribution < -0.4 is 0 Å². The zero-order valence-electron chi connectivity index (χ0n) is 66.2. The third-order valence-electron chi connectivity index (χ3n) is 17.8. The molecule has 0 aliphatic rings. The van der Waals surface area contributed by atoms with Gasteiger partial charge in [0.1, 0.15) is 19.3 Å². The zero-order chi connectivity index (χ0) is 76.0. The lowest BCUT2D eigenvalue weighted by atomic mass is 10.0. The summed E-state index contributed by atoms with van der Waals surface area (Å²) >= 11 is 0. The molecule has 0 aromatic heterocycles. The van der Waals surface area contributed by atoms with Crippen LogP contribution in [0, 0.1) is 0 Å². The Morgan fingerprint density at radius 1 is 0.279 bits per heavy atom. The summed E-state index contributed by atoms with van der Waals surface area (Å²) in [5.74, 6) is -2.18. The summed E-state index contributed by atoms with van der Waals surface area (Å²) in [7, 11) is -9.96. The van der Waals surface area contributed by atoms with Crippen LogP contribution in [0.3, 0.4) is 0 Å². The molecule has 5 atom stereocenters. The Kier molecular flexibility index (Phi) is 74.6. The fraction of sp³-hybridized carbons (Fsp3) is 0.788. The SMILES string of the molecule is CC/C=C\C/C=C\C/C=C\CCCCCCCCCC(=O)OC(COC(=O)CCCCCCCC/C=C\C/C=C\C/C=C\CCCCC)COP(=O)(O)OCC(O)COP(=O)(O)OCC(COC(=O)CCCCCCCCCCCCCCCCC)OC(=O)CCCCCCC/C=C\CCCCCC. The van der Waals surface area contributed by atoms with Crippen LogP contribution in [0.2, 0.25) is 0 Å². The fourth-order valence-electron chi connectivity index (χ4n) is 11.5. The van der Waals surface area contributed by atoms with E-state index in [0.29, 0.717) is 25.7 Å². The largest absolute Gasteiger partial charge is 0.472 e. The molecule has 3 N–H and O–H groups in total. The van der Waals surface area contributed by atoms with Crippen molar-refractivity contribution in [1.29, 1.82) is 0 Å². The normalized spacial score (nSPS) is 14.3. The highest BCUT2D eigenvalue weighted by atomic mass is 31.2. The number of carbonyl (C=O) groups excluding carboxylic acids is 4. The van der Waals surface area contributed by atoms with Crippen LogP contribution in [0.4, 0.5) is 0 Å². The van der Waals surface area contributed by atoms with Gasteiger partial charge in [-0.15, -0.1) is 0 Å². The molecule has 0 bridgehead atoms. The number of aliphatic hydroxyl groups is 1. The van der Waals surface area contributed by atoms with Crippen LogP contribution in [0.25, 0.3) is 0 Å². The Labute approximate surface area is 634 Å². The van der Waals surface area contributed by atoms with E-state index in [4.69, 9.17) is 37.0 Å². The average molecular weight is 1510 g/mol. The second-order valence-corrected chi connectivity index (χ2v) is 30.9. The molecule has 0 heterocycles. The molecule has 0 aliphatic heterocycles. The average Bonchev–Trinajstić information content (AvgIpc) is 0.917. The smallest absolute Gasteiger partial charge is 0.462 e. The number of hydrogen-bond acceptors (Lipinski definition) is 15. The van der Waals surface area contributed by atoms with Gasteiger partial charge in [-0.3, -0.25) is 37.3 Å². The number of rotatable bonds is 79. The highest BCUT2D eigenvalue weighted by Gasteiger charge is 2.30. The van der Waals surface area contributed by atoms with E-state index in [0.717, 1.165) is 180 Å². The molecule has 0 aromatic carbocycles. The lowest BCUT2D eigenvalue weighted by Gasteiger charge is -2.21. The number of allylic oxidation sites excluding steroid dienone is 14. The van der Waals surface area contributed by atoms with Gasteiger partial charge in [0.25, 0.3) is 0 Å². The highest BCUT2D eigenvalue weighted by molar-refractivity contribution is 7.47. The Bertz CT molecular complexity index is 2300. The molecular weight excluding hydrogens is 1350 g/mol. The minimum Gasteiger partial charge on any atom is -0.462 e. The number of ether oxygens (including phenoxy) is 4. The van der Waals surface area contributed by atoms with Crippen LogP contribution in [0.5, 0.6) is 0 Å². The lowest BCUT2D eigenvalue weighted by Crippen LogP contribution is -2.30. The van der Waals surface area contributed by atoms with Crippen LogP contribution in [0.1, 0.15) is 374 Å². The van der Waals surface area contributed by atoms with Gasteiger partial charge in [-0.2, -0.15) is 0 Å². The van der Waals surface area contributed by atoms with Crippen molar-refractivity contribution in [3.63, 3.8) is 0 Å². The van der Waals surface area contributed by atoms with Crippen molar-refractivity contribution in [2.75, 3.05) is 39.6 Å². The van der Waals surface area contributed by atoms with Crippen molar-refractivity contribution in [1.82, 2.24) is 0 Å². The quantitative estimate of drug-likeness (QED) is 0.0169. The number of unbranched alkanes of at least 4 members (excludes halogenated alkanes) is 39. The summed E-state index contributed by atoms with van der Waals surface area (Å²) in [6.07, 6.45) is 81.1. The van der Waals surface area contributed by atoms with Crippen LogP contribution in [-0.2, 0) is 65.4 Å². The van der Waals surface area contributed by atoms with Crippen molar-refractivity contribution in [3.8, 4) is 0 Å². The first-order valence-electron chi connectivity index (χ1n) is 41.8. The zero-order valence-corrected chi connectivity index (χ0v) is 68.0. The van der Waals surface area contributed by atoms with Crippen molar-refractivity contribution in [2.45, 2.75) is 393 Å². The molecule has 604 valence electrons. The van der Waals surface area contributed by atoms with Gasteiger partial charge in [0.05, 0.1) is 26.4 Å². The summed E-state index contributed by atoms with van der Waals surface area (Å²) in [5, 5.41) is 10.7. The van der Waals surface area contributed by atoms with E-state index in [9.17, 15) is 43.2 Å². The number of phosphoric ester groups is 2. The third-order valence-corrected chi connectivity index (χ3v) is 19.7. The number of phosphoric acid groups is 2. The maximum Gasteiger partial charge on any atom is 0.472 e. The van der Waals surface area contributed by atoms with E-state index < -0.39 is 97.5 Å². The van der Waals surface area contributed by atoms with Crippen LogP contribution in [-0.4, -0.2) is 96.7 Å². The van der Waals surface area contributed by atoms with Crippen LogP contribution in [0.15, 0.2) is 85.1 Å². The summed E-state index contributed by atoms with van der Waals surface area (Å²) < 4.78 is 68.7. The fourth-order valence-corrected chi connectivity index (χ4v) is 13.1. The monoisotopic (exact) mass is 1510 g/mol. The van der Waals surface area contributed by atoms with Gasteiger partial charge in [-0.1, -0.05) is 312 Å². The molecule has 19 heteroatoms.